The number of hydrogen-bond acceptors (Lipinski definition) is 3. The highest BCUT2D eigenvalue weighted by Gasteiger charge is 2.07. The minimum absolute atomic E-state index is 0.0415. The van der Waals surface area contributed by atoms with Crippen LogP contribution in [0.1, 0.15) is 22.8 Å². The fourth-order valence-electron chi connectivity index (χ4n) is 2.34. The van der Waals surface area contributed by atoms with Crippen LogP contribution in [0.2, 0.25) is 0 Å². The Bertz CT molecular complexity index is 778. The molecular weight excluding hydrogens is 274 g/mol. The van der Waals surface area contributed by atoms with Crippen molar-refractivity contribution in [2.45, 2.75) is 13.5 Å². The van der Waals surface area contributed by atoms with Gasteiger partial charge in [0.15, 0.2) is 5.78 Å². The molecule has 110 valence electrons. The summed E-state index contributed by atoms with van der Waals surface area (Å²) in [4.78, 5) is 11.6. The van der Waals surface area contributed by atoms with Crippen molar-refractivity contribution in [3.8, 4) is 0 Å². The lowest BCUT2D eigenvalue weighted by Crippen LogP contribution is -2.00. The van der Waals surface area contributed by atoms with Gasteiger partial charge in [-0.3, -0.25) is 9.48 Å². The SMILES string of the molecule is CC(=O)c1ccccc1Nc1cnn(Cc2ccccc2)c1. The molecule has 1 N–H and O–H groups in total. The van der Waals surface area contributed by atoms with Crippen LogP contribution < -0.4 is 5.32 Å². The number of anilines is 2. The molecule has 3 aromatic rings. The number of Topliss-reactive ketones (excluding diaryl/α,β-unsaturated/α-hetero) is 1. The highest BCUT2D eigenvalue weighted by Crippen LogP contribution is 2.21. The van der Waals surface area contributed by atoms with Crippen molar-refractivity contribution in [2.75, 3.05) is 5.32 Å². The smallest absolute Gasteiger partial charge is 0.161 e. The van der Waals surface area contributed by atoms with Crippen LogP contribution in [0.15, 0.2) is 67.0 Å². The van der Waals surface area contributed by atoms with Crippen molar-refractivity contribution in [1.29, 1.82) is 0 Å². The van der Waals surface area contributed by atoms with Crippen LogP contribution in [0.5, 0.6) is 0 Å². The fourth-order valence-corrected chi connectivity index (χ4v) is 2.34. The second-order valence-electron chi connectivity index (χ2n) is 5.14. The lowest BCUT2D eigenvalue weighted by molar-refractivity contribution is 0.101. The maximum absolute atomic E-state index is 11.6. The molecule has 2 aromatic carbocycles. The molecule has 0 spiro atoms. The van der Waals surface area contributed by atoms with Gasteiger partial charge in [0, 0.05) is 17.4 Å². The Morgan fingerprint density at radius 1 is 1.09 bits per heavy atom. The topological polar surface area (TPSA) is 46.9 Å². The summed E-state index contributed by atoms with van der Waals surface area (Å²) in [6.07, 6.45) is 3.70. The zero-order valence-corrected chi connectivity index (χ0v) is 12.4. The molecule has 0 aliphatic heterocycles. The zero-order valence-electron chi connectivity index (χ0n) is 12.4. The van der Waals surface area contributed by atoms with Crippen molar-refractivity contribution in [1.82, 2.24) is 9.78 Å². The van der Waals surface area contributed by atoms with Gasteiger partial charge >= 0.3 is 0 Å². The van der Waals surface area contributed by atoms with Crippen LogP contribution in [0.25, 0.3) is 0 Å². The average molecular weight is 291 g/mol. The van der Waals surface area contributed by atoms with Gasteiger partial charge in [0.1, 0.15) is 0 Å². The van der Waals surface area contributed by atoms with Crippen LogP contribution in [-0.4, -0.2) is 15.6 Å². The molecule has 0 unspecified atom stereocenters. The van der Waals surface area contributed by atoms with Crippen molar-refractivity contribution < 1.29 is 4.79 Å². The number of carbonyl (C=O) groups excluding carboxylic acids is 1. The highest BCUT2D eigenvalue weighted by atomic mass is 16.1. The minimum Gasteiger partial charge on any atom is -0.352 e. The Balaban J connectivity index is 1.76. The molecule has 0 atom stereocenters. The summed E-state index contributed by atoms with van der Waals surface area (Å²) < 4.78 is 1.87. The monoisotopic (exact) mass is 291 g/mol. The Morgan fingerprint density at radius 3 is 2.59 bits per heavy atom. The molecule has 0 bridgehead atoms. The van der Waals surface area contributed by atoms with Crippen molar-refractivity contribution in [2.24, 2.45) is 0 Å². The molecule has 0 amide bonds. The number of rotatable bonds is 5. The lowest BCUT2D eigenvalue weighted by atomic mass is 10.1. The van der Waals surface area contributed by atoms with Gasteiger partial charge in [0.25, 0.3) is 0 Å². The van der Waals surface area contributed by atoms with E-state index in [0.29, 0.717) is 5.56 Å². The second kappa shape index (κ2) is 6.26. The summed E-state index contributed by atoms with van der Waals surface area (Å²) in [7, 11) is 0. The molecule has 0 saturated heterocycles. The first-order chi connectivity index (χ1) is 10.7. The maximum Gasteiger partial charge on any atom is 0.161 e. The van der Waals surface area contributed by atoms with E-state index < -0.39 is 0 Å². The molecule has 22 heavy (non-hydrogen) atoms. The standard InChI is InChI=1S/C18H17N3O/c1-14(22)17-9-5-6-10-18(17)20-16-11-19-21(13-16)12-15-7-3-2-4-8-15/h2-11,13,20H,12H2,1H3. The Hall–Kier alpha value is -2.88. The molecule has 0 saturated carbocycles. The molecule has 0 aliphatic carbocycles. The highest BCUT2D eigenvalue weighted by molar-refractivity contribution is 6.00. The Labute approximate surface area is 129 Å². The summed E-state index contributed by atoms with van der Waals surface area (Å²) in [6.45, 7) is 2.29. The number of carbonyl (C=O) groups is 1. The molecule has 1 aromatic heterocycles. The predicted molar refractivity (Wildman–Crippen MR) is 87.5 cm³/mol. The van der Waals surface area contributed by atoms with Gasteiger partial charge in [-0.05, 0) is 24.6 Å². The molecule has 0 aliphatic rings. The molecule has 4 heteroatoms. The van der Waals surface area contributed by atoms with Crippen molar-refractivity contribution in [3.05, 3.63) is 78.1 Å². The van der Waals surface area contributed by atoms with Gasteiger partial charge < -0.3 is 5.32 Å². The van der Waals surface area contributed by atoms with E-state index in [9.17, 15) is 4.79 Å². The van der Waals surface area contributed by atoms with Crippen molar-refractivity contribution in [3.63, 3.8) is 0 Å². The first-order valence-electron chi connectivity index (χ1n) is 7.16. The zero-order chi connectivity index (χ0) is 15.4. The van der Waals surface area contributed by atoms with Crippen LogP contribution >= 0.6 is 0 Å². The number of benzene rings is 2. The van der Waals surface area contributed by atoms with Crippen LogP contribution in [0, 0.1) is 0 Å². The van der Waals surface area contributed by atoms with Gasteiger partial charge in [-0.15, -0.1) is 0 Å². The predicted octanol–water partition coefficient (Wildman–Crippen LogP) is 3.88. The van der Waals surface area contributed by atoms with E-state index in [1.54, 1.807) is 13.1 Å². The number of nitrogens with zero attached hydrogens (tertiary/aromatic N) is 2. The van der Waals surface area contributed by atoms with Crippen LogP contribution in [0.3, 0.4) is 0 Å². The summed E-state index contributed by atoms with van der Waals surface area (Å²) >= 11 is 0. The molecule has 0 radical (unpaired) electrons. The third kappa shape index (κ3) is 3.23. The second-order valence-corrected chi connectivity index (χ2v) is 5.14. The Kier molecular flexibility index (Phi) is 4.01. The third-order valence-corrected chi connectivity index (χ3v) is 3.41. The third-order valence-electron chi connectivity index (χ3n) is 3.41. The van der Waals surface area contributed by atoms with E-state index in [0.717, 1.165) is 17.9 Å². The van der Waals surface area contributed by atoms with Crippen LogP contribution in [-0.2, 0) is 6.54 Å². The number of hydrogen-bond donors (Lipinski definition) is 1. The number of ketones is 1. The van der Waals surface area contributed by atoms with E-state index in [1.807, 2.05) is 53.3 Å². The average Bonchev–Trinajstić information content (AvgIpc) is 2.96. The quantitative estimate of drug-likeness (QED) is 0.726. The first-order valence-corrected chi connectivity index (χ1v) is 7.16. The number of aromatic nitrogens is 2. The lowest BCUT2D eigenvalue weighted by Gasteiger charge is -2.07. The summed E-state index contributed by atoms with van der Waals surface area (Å²) in [6, 6.07) is 17.6. The molecule has 4 nitrogen and oxygen atoms in total. The van der Waals surface area contributed by atoms with E-state index >= 15 is 0 Å². The maximum atomic E-state index is 11.6. The number of para-hydroxylation sites is 1. The van der Waals surface area contributed by atoms with Gasteiger partial charge in [0.2, 0.25) is 0 Å². The minimum atomic E-state index is 0.0415. The Morgan fingerprint density at radius 2 is 1.82 bits per heavy atom. The molecule has 3 rings (SSSR count). The van der Waals surface area contributed by atoms with E-state index in [1.165, 1.54) is 5.56 Å². The molecular formula is C18H17N3O. The van der Waals surface area contributed by atoms with Crippen LogP contribution in [0.4, 0.5) is 11.4 Å². The number of nitrogens with one attached hydrogen (secondary N) is 1. The van der Waals surface area contributed by atoms with Gasteiger partial charge in [-0.2, -0.15) is 5.10 Å². The van der Waals surface area contributed by atoms with Gasteiger partial charge in [-0.1, -0.05) is 42.5 Å². The summed E-state index contributed by atoms with van der Waals surface area (Å²) in [5.74, 6) is 0.0415. The first kappa shape index (κ1) is 14.1. The van der Waals surface area contributed by atoms with E-state index in [-0.39, 0.29) is 5.78 Å². The molecule has 0 fully saturated rings. The largest absolute Gasteiger partial charge is 0.352 e. The van der Waals surface area contributed by atoms with E-state index in [4.69, 9.17) is 0 Å². The summed E-state index contributed by atoms with van der Waals surface area (Å²) in [5, 5.41) is 7.61. The fraction of sp³-hybridized carbons (Fsp3) is 0.111. The van der Waals surface area contributed by atoms with Crippen molar-refractivity contribution >= 4 is 17.2 Å². The van der Waals surface area contributed by atoms with Gasteiger partial charge in [0.05, 0.1) is 18.4 Å². The van der Waals surface area contributed by atoms with Gasteiger partial charge in [-0.25, -0.2) is 0 Å². The normalized spacial score (nSPS) is 10.4. The van der Waals surface area contributed by atoms with E-state index in [2.05, 4.69) is 22.5 Å². The summed E-state index contributed by atoms with van der Waals surface area (Å²) in [5.41, 5.74) is 3.54. The molecule has 1 heterocycles.